The maximum Gasteiger partial charge on any atom is 0.229 e. The number of hydrogen-bond donors (Lipinski definition) is 0. The van der Waals surface area contributed by atoms with Crippen molar-refractivity contribution in [1.82, 2.24) is 15.1 Å². The molecule has 1 aliphatic heterocycles. The van der Waals surface area contributed by atoms with Gasteiger partial charge in [0.05, 0.1) is 17.6 Å². The van der Waals surface area contributed by atoms with Gasteiger partial charge >= 0.3 is 0 Å². The van der Waals surface area contributed by atoms with E-state index in [0.717, 1.165) is 43.5 Å². The first-order valence-corrected chi connectivity index (χ1v) is 6.63. The molecule has 2 aromatic heterocycles. The topological polar surface area (TPSA) is 61.0 Å². The first-order chi connectivity index (χ1) is 8.42. The largest absolute Gasteiger partial charge is 0.381 e. The standard InChI is InChI=1S/C11H13N3O2S/c1-3-15-4-2-8(1)11-13-10(14-16-11)5-9-6-17-7-12-9/h6-8H,1-5H2. The molecular weight excluding hydrogens is 238 g/mol. The van der Waals surface area contributed by atoms with Crippen LogP contribution in [0.2, 0.25) is 0 Å². The molecule has 0 N–H and O–H groups in total. The minimum Gasteiger partial charge on any atom is -0.381 e. The lowest BCUT2D eigenvalue weighted by atomic mass is 10.0. The van der Waals surface area contributed by atoms with Crippen molar-refractivity contribution < 1.29 is 9.26 Å². The van der Waals surface area contributed by atoms with Crippen LogP contribution in [0.1, 0.15) is 36.2 Å². The van der Waals surface area contributed by atoms with Crippen molar-refractivity contribution in [3.05, 3.63) is 28.3 Å². The molecule has 1 aliphatic rings. The molecule has 1 saturated heterocycles. The summed E-state index contributed by atoms with van der Waals surface area (Å²) >= 11 is 1.58. The Bertz CT molecular complexity index is 463. The van der Waals surface area contributed by atoms with E-state index in [9.17, 15) is 0 Å². The highest BCUT2D eigenvalue weighted by molar-refractivity contribution is 7.07. The Balaban J connectivity index is 1.69. The van der Waals surface area contributed by atoms with Gasteiger partial charge in [0.25, 0.3) is 0 Å². The van der Waals surface area contributed by atoms with Gasteiger partial charge in [-0.2, -0.15) is 4.98 Å². The quantitative estimate of drug-likeness (QED) is 0.835. The fraction of sp³-hybridized carbons (Fsp3) is 0.545. The number of ether oxygens (including phenoxy) is 1. The average Bonchev–Trinajstić information content (AvgIpc) is 3.02. The van der Waals surface area contributed by atoms with Crippen molar-refractivity contribution in [1.29, 1.82) is 0 Å². The van der Waals surface area contributed by atoms with Crippen LogP contribution in [0.4, 0.5) is 0 Å². The van der Waals surface area contributed by atoms with Crippen molar-refractivity contribution in [3.63, 3.8) is 0 Å². The van der Waals surface area contributed by atoms with Crippen LogP contribution in [0.25, 0.3) is 0 Å². The van der Waals surface area contributed by atoms with E-state index in [2.05, 4.69) is 15.1 Å². The molecule has 3 rings (SSSR count). The van der Waals surface area contributed by atoms with Gasteiger partial charge < -0.3 is 9.26 Å². The Hall–Kier alpha value is -1.27. The summed E-state index contributed by atoms with van der Waals surface area (Å²) in [6.45, 7) is 1.57. The van der Waals surface area contributed by atoms with E-state index in [4.69, 9.17) is 9.26 Å². The summed E-state index contributed by atoms with van der Waals surface area (Å²) in [4.78, 5) is 8.65. The van der Waals surface area contributed by atoms with Gasteiger partial charge in [0.2, 0.25) is 5.89 Å². The van der Waals surface area contributed by atoms with Crippen molar-refractivity contribution in [2.24, 2.45) is 0 Å². The van der Waals surface area contributed by atoms with E-state index in [0.29, 0.717) is 12.3 Å². The second-order valence-electron chi connectivity index (χ2n) is 4.09. The van der Waals surface area contributed by atoms with Gasteiger partial charge in [-0.25, -0.2) is 4.98 Å². The number of aromatic nitrogens is 3. The van der Waals surface area contributed by atoms with Crippen LogP contribution in [0.3, 0.4) is 0 Å². The van der Waals surface area contributed by atoms with Gasteiger partial charge in [-0.3, -0.25) is 0 Å². The molecular formula is C11H13N3O2S. The minimum absolute atomic E-state index is 0.362. The third-order valence-corrected chi connectivity index (χ3v) is 3.51. The molecule has 0 aromatic carbocycles. The Kier molecular flexibility index (Phi) is 3.15. The predicted octanol–water partition coefficient (Wildman–Crippen LogP) is 2.01. The van der Waals surface area contributed by atoms with E-state index in [1.807, 2.05) is 10.9 Å². The van der Waals surface area contributed by atoms with E-state index in [1.54, 1.807) is 11.3 Å². The van der Waals surface area contributed by atoms with Gasteiger partial charge in [-0.1, -0.05) is 5.16 Å². The normalized spacial score (nSPS) is 17.4. The molecule has 0 amide bonds. The molecule has 90 valence electrons. The lowest BCUT2D eigenvalue weighted by molar-refractivity contribution is 0.0778. The Morgan fingerprint density at radius 3 is 3.00 bits per heavy atom. The van der Waals surface area contributed by atoms with Crippen LogP contribution in [0, 0.1) is 0 Å². The van der Waals surface area contributed by atoms with Crippen molar-refractivity contribution in [2.75, 3.05) is 13.2 Å². The molecule has 0 saturated carbocycles. The zero-order valence-corrected chi connectivity index (χ0v) is 10.2. The fourth-order valence-corrected chi connectivity index (χ4v) is 2.49. The summed E-state index contributed by atoms with van der Waals surface area (Å²) in [6.07, 6.45) is 2.59. The molecule has 3 heterocycles. The summed E-state index contributed by atoms with van der Waals surface area (Å²) in [5, 5.41) is 6.01. The summed E-state index contributed by atoms with van der Waals surface area (Å²) < 4.78 is 10.6. The minimum atomic E-state index is 0.362. The highest BCUT2D eigenvalue weighted by atomic mass is 32.1. The molecule has 6 heteroatoms. The first-order valence-electron chi connectivity index (χ1n) is 5.69. The van der Waals surface area contributed by atoms with Crippen LogP contribution >= 0.6 is 11.3 Å². The zero-order chi connectivity index (χ0) is 11.5. The third kappa shape index (κ3) is 2.53. The van der Waals surface area contributed by atoms with Gasteiger partial charge in [0, 0.05) is 24.5 Å². The number of rotatable bonds is 3. The third-order valence-electron chi connectivity index (χ3n) is 2.88. The number of hydrogen-bond acceptors (Lipinski definition) is 6. The van der Waals surface area contributed by atoms with Crippen molar-refractivity contribution in [2.45, 2.75) is 25.2 Å². The fourth-order valence-electron chi connectivity index (χ4n) is 1.94. The van der Waals surface area contributed by atoms with Crippen molar-refractivity contribution >= 4 is 11.3 Å². The maximum atomic E-state index is 5.31. The number of thiazole rings is 1. The average molecular weight is 251 g/mol. The number of nitrogens with zero attached hydrogens (tertiary/aromatic N) is 3. The SMILES string of the molecule is c1nc(Cc2noc(C3CCOCC3)n2)cs1. The maximum absolute atomic E-state index is 5.31. The van der Waals surface area contributed by atoms with E-state index >= 15 is 0 Å². The molecule has 0 radical (unpaired) electrons. The highest BCUT2D eigenvalue weighted by Crippen LogP contribution is 2.25. The van der Waals surface area contributed by atoms with E-state index in [-0.39, 0.29) is 0 Å². The Morgan fingerprint density at radius 2 is 2.24 bits per heavy atom. The molecule has 1 fully saturated rings. The van der Waals surface area contributed by atoms with Crippen molar-refractivity contribution in [3.8, 4) is 0 Å². The van der Waals surface area contributed by atoms with Crippen LogP contribution in [0.5, 0.6) is 0 Å². The Morgan fingerprint density at radius 1 is 1.35 bits per heavy atom. The Labute approximate surface area is 103 Å². The summed E-state index contributed by atoms with van der Waals surface area (Å²) in [5.41, 5.74) is 2.81. The molecule has 2 aromatic rings. The van der Waals surface area contributed by atoms with Gasteiger partial charge in [0.1, 0.15) is 0 Å². The second kappa shape index (κ2) is 4.93. The molecule has 5 nitrogen and oxygen atoms in total. The lowest BCUT2D eigenvalue weighted by Crippen LogP contribution is -2.14. The zero-order valence-electron chi connectivity index (χ0n) is 9.33. The molecule has 17 heavy (non-hydrogen) atoms. The van der Waals surface area contributed by atoms with Gasteiger partial charge in [-0.15, -0.1) is 11.3 Å². The van der Waals surface area contributed by atoms with Crippen LogP contribution < -0.4 is 0 Å². The van der Waals surface area contributed by atoms with Gasteiger partial charge in [-0.05, 0) is 12.8 Å². The second-order valence-corrected chi connectivity index (χ2v) is 4.81. The summed E-state index contributed by atoms with van der Waals surface area (Å²) in [5.74, 6) is 1.83. The van der Waals surface area contributed by atoms with Crippen LogP contribution in [-0.4, -0.2) is 28.3 Å². The summed E-state index contributed by atoms with van der Waals surface area (Å²) in [6, 6.07) is 0. The predicted molar refractivity (Wildman–Crippen MR) is 62.0 cm³/mol. The van der Waals surface area contributed by atoms with E-state index < -0.39 is 0 Å². The summed E-state index contributed by atoms with van der Waals surface area (Å²) in [7, 11) is 0. The van der Waals surface area contributed by atoms with Crippen LogP contribution in [0.15, 0.2) is 15.4 Å². The highest BCUT2D eigenvalue weighted by Gasteiger charge is 2.22. The molecule has 0 atom stereocenters. The van der Waals surface area contributed by atoms with Crippen LogP contribution in [-0.2, 0) is 11.2 Å². The van der Waals surface area contributed by atoms with E-state index in [1.165, 1.54) is 0 Å². The smallest absolute Gasteiger partial charge is 0.229 e. The molecule has 0 bridgehead atoms. The lowest BCUT2D eigenvalue weighted by Gasteiger charge is -2.17. The molecule has 0 unspecified atom stereocenters. The molecule has 0 spiro atoms. The molecule has 0 aliphatic carbocycles. The van der Waals surface area contributed by atoms with Gasteiger partial charge in [0.15, 0.2) is 5.82 Å². The first kappa shape index (κ1) is 10.9. The monoisotopic (exact) mass is 251 g/mol.